The maximum atomic E-state index is 12.6. The molecule has 0 aliphatic carbocycles. The Bertz CT molecular complexity index is 807. The van der Waals surface area contributed by atoms with E-state index >= 15 is 0 Å². The van der Waals surface area contributed by atoms with Crippen LogP contribution in [-0.4, -0.2) is 17.1 Å². The zero-order chi connectivity index (χ0) is 16.4. The molecular formula is C16H15BrN2O3S. The van der Waals surface area contributed by atoms with Crippen LogP contribution >= 0.6 is 27.3 Å². The maximum Gasteiger partial charge on any atom is 0.257 e. The van der Waals surface area contributed by atoms with E-state index in [1.165, 1.54) is 11.3 Å². The Hall–Kier alpha value is -1.86. The minimum Gasteiger partial charge on any atom is -0.469 e. The van der Waals surface area contributed by atoms with Gasteiger partial charge in [-0.25, -0.2) is 0 Å². The summed E-state index contributed by atoms with van der Waals surface area (Å²) in [4.78, 5) is 13.5. The standard InChI is InChI=1S/C16H15BrN2O3S/c1-9(8-11-4-3-7-21-11)18-16(20)14-10(2)22-19-15(14)12-5-6-13(17)23-12/h3-7,9H,8H2,1-2H3,(H,18,20)/t9-/m0/s1. The number of nitrogens with one attached hydrogen (secondary N) is 1. The van der Waals surface area contributed by atoms with Gasteiger partial charge in [0.1, 0.15) is 22.8 Å². The van der Waals surface area contributed by atoms with Crippen molar-refractivity contribution in [1.29, 1.82) is 0 Å². The van der Waals surface area contributed by atoms with Crippen molar-refractivity contribution < 1.29 is 13.7 Å². The van der Waals surface area contributed by atoms with Gasteiger partial charge in [-0.2, -0.15) is 0 Å². The van der Waals surface area contributed by atoms with Crippen LogP contribution in [0.2, 0.25) is 0 Å². The molecule has 23 heavy (non-hydrogen) atoms. The molecule has 120 valence electrons. The summed E-state index contributed by atoms with van der Waals surface area (Å²) in [5, 5.41) is 7.01. The fourth-order valence-electron chi connectivity index (χ4n) is 2.33. The average molecular weight is 395 g/mol. The molecule has 0 aliphatic rings. The summed E-state index contributed by atoms with van der Waals surface area (Å²) in [6.45, 7) is 3.68. The lowest BCUT2D eigenvalue weighted by Gasteiger charge is -2.12. The molecule has 1 atom stereocenters. The maximum absolute atomic E-state index is 12.6. The number of amides is 1. The van der Waals surface area contributed by atoms with Crippen molar-refractivity contribution in [3.05, 3.63) is 51.4 Å². The van der Waals surface area contributed by atoms with Gasteiger partial charge in [-0.1, -0.05) is 5.16 Å². The molecule has 1 N–H and O–H groups in total. The van der Waals surface area contributed by atoms with Crippen molar-refractivity contribution >= 4 is 33.2 Å². The first kappa shape index (κ1) is 16.0. The van der Waals surface area contributed by atoms with Crippen LogP contribution in [0.15, 0.2) is 43.3 Å². The Morgan fingerprint density at radius 1 is 1.43 bits per heavy atom. The van der Waals surface area contributed by atoms with Gasteiger partial charge >= 0.3 is 0 Å². The van der Waals surface area contributed by atoms with Gasteiger partial charge in [0.25, 0.3) is 5.91 Å². The van der Waals surface area contributed by atoms with Crippen molar-refractivity contribution in [2.75, 3.05) is 0 Å². The molecule has 0 saturated heterocycles. The highest BCUT2D eigenvalue weighted by molar-refractivity contribution is 9.11. The number of carbonyl (C=O) groups is 1. The van der Waals surface area contributed by atoms with Crippen molar-refractivity contribution in [3.8, 4) is 10.6 Å². The van der Waals surface area contributed by atoms with E-state index in [0.29, 0.717) is 23.4 Å². The highest BCUT2D eigenvalue weighted by Crippen LogP contribution is 2.33. The molecule has 3 heterocycles. The first-order chi connectivity index (χ1) is 11.0. The molecule has 7 heteroatoms. The Balaban J connectivity index is 1.78. The van der Waals surface area contributed by atoms with E-state index in [-0.39, 0.29) is 11.9 Å². The van der Waals surface area contributed by atoms with Gasteiger partial charge in [-0.15, -0.1) is 11.3 Å². The van der Waals surface area contributed by atoms with Crippen molar-refractivity contribution in [1.82, 2.24) is 10.5 Å². The lowest BCUT2D eigenvalue weighted by atomic mass is 10.1. The normalized spacial score (nSPS) is 12.3. The van der Waals surface area contributed by atoms with E-state index in [1.54, 1.807) is 13.2 Å². The molecule has 0 fully saturated rings. The van der Waals surface area contributed by atoms with Crippen LogP contribution in [0.25, 0.3) is 10.6 Å². The van der Waals surface area contributed by atoms with Gasteiger partial charge in [0.2, 0.25) is 0 Å². The summed E-state index contributed by atoms with van der Waals surface area (Å²) >= 11 is 4.93. The molecule has 0 saturated carbocycles. The average Bonchev–Trinajstić information content (AvgIpc) is 3.20. The number of carbonyl (C=O) groups excluding carboxylic acids is 1. The van der Waals surface area contributed by atoms with Crippen LogP contribution in [-0.2, 0) is 6.42 Å². The molecule has 1 amide bonds. The molecule has 3 rings (SSSR count). The lowest BCUT2D eigenvalue weighted by molar-refractivity contribution is 0.0938. The summed E-state index contributed by atoms with van der Waals surface area (Å²) < 4.78 is 11.5. The van der Waals surface area contributed by atoms with Crippen LogP contribution in [0.1, 0.15) is 28.8 Å². The SMILES string of the molecule is Cc1onc(-c2ccc(Br)s2)c1C(=O)N[C@@H](C)Cc1ccco1. The van der Waals surface area contributed by atoms with Crippen molar-refractivity contribution in [2.24, 2.45) is 0 Å². The Morgan fingerprint density at radius 3 is 2.91 bits per heavy atom. The van der Waals surface area contributed by atoms with Crippen LogP contribution in [0.4, 0.5) is 0 Å². The summed E-state index contributed by atoms with van der Waals surface area (Å²) in [6, 6.07) is 7.49. The molecular weight excluding hydrogens is 380 g/mol. The summed E-state index contributed by atoms with van der Waals surface area (Å²) in [7, 11) is 0. The number of rotatable bonds is 5. The van der Waals surface area contributed by atoms with Crippen molar-refractivity contribution in [2.45, 2.75) is 26.3 Å². The van der Waals surface area contributed by atoms with E-state index in [0.717, 1.165) is 14.4 Å². The second-order valence-electron chi connectivity index (χ2n) is 5.22. The first-order valence-corrected chi connectivity index (χ1v) is 8.70. The van der Waals surface area contributed by atoms with Crippen LogP contribution in [0, 0.1) is 6.92 Å². The summed E-state index contributed by atoms with van der Waals surface area (Å²) in [5.41, 5.74) is 1.05. The monoisotopic (exact) mass is 394 g/mol. The fraction of sp³-hybridized carbons (Fsp3) is 0.250. The van der Waals surface area contributed by atoms with E-state index < -0.39 is 0 Å². The Kier molecular flexibility index (Phi) is 4.68. The number of furan rings is 1. The lowest BCUT2D eigenvalue weighted by Crippen LogP contribution is -2.34. The fourth-order valence-corrected chi connectivity index (χ4v) is 3.70. The van der Waals surface area contributed by atoms with Gasteiger partial charge in [0.05, 0.1) is 14.9 Å². The highest BCUT2D eigenvalue weighted by atomic mass is 79.9. The van der Waals surface area contributed by atoms with Gasteiger partial charge in [-0.3, -0.25) is 4.79 Å². The van der Waals surface area contributed by atoms with Crippen LogP contribution < -0.4 is 5.32 Å². The third-order valence-electron chi connectivity index (χ3n) is 3.36. The quantitative estimate of drug-likeness (QED) is 0.694. The predicted octanol–water partition coefficient (Wildman–Crippen LogP) is 4.43. The zero-order valence-corrected chi connectivity index (χ0v) is 15.0. The molecule has 0 bridgehead atoms. The summed E-state index contributed by atoms with van der Waals surface area (Å²) in [6.07, 6.45) is 2.25. The molecule has 0 radical (unpaired) electrons. The van der Waals surface area contributed by atoms with E-state index in [2.05, 4.69) is 26.4 Å². The minimum atomic E-state index is -0.192. The summed E-state index contributed by atoms with van der Waals surface area (Å²) in [5.74, 6) is 1.15. The number of thiophene rings is 1. The van der Waals surface area contributed by atoms with Crippen molar-refractivity contribution in [3.63, 3.8) is 0 Å². The number of hydrogen-bond donors (Lipinski definition) is 1. The van der Waals surface area contributed by atoms with E-state index in [9.17, 15) is 4.79 Å². The molecule has 3 aromatic heterocycles. The van der Waals surface area contributed by atoms with Gasteiger partial charge < -0.3 is 14.3 Å². The van der Waals surface area contributed by atoms with Crippen LogP contribution in [0.3, 0.4) is 0 Å². The number of halogens is 1. The minimum absolute atomic E-state index is 0.0640. The Labute approximate surface area is 145 Å². The van der Waals surface area contributed by atoms with Gasteiger partial charge in [0, 0.05) is 12.5 Å². The molecule has 0 aliphatic heterocycles. The number of aryl methyl sites for hydroxylation is 1. The second kappa shape index (κ2) is 6.72. The first-order valence-electron chi connectivity index (χ1n) is 7.10. The van der Waals surface area contributed by atoms with Gasteiger partial charge in [-0.05, 0) is 54.0 Å². The van der Waals surface area contributed by atoms with Crippen LogP contribution in [0.5, 0.6) is 0 Å². The third-order valence-corrected chi connectivity index (χ3v) is 4.99. The molecule has 3 aromatic rings. The topological polar surface area (TPSA) is 68.3 Å². The number of nitrogens with zero attached hydrogens (tertiary/aromatic N) is 1. The predicted molar refractivity (Wildman–Crippen MR) is 91.6 cm³/mol. The second-order valence-corrected chi connectivity index (χ2v) is 7.69. The smallest absolute Gasteiger partial charge is 0.257 e. The zero-order valence-electron chi connectivity index (χ0n) is 12.6. The van der Waals surface area contributed by atoms with Gasteiger partial charge in [0.15, 0.2) is 0 Å². The molecule has 5 nitrogen and oxygen atoms in total. The van der Waals surface area contributed by atoms with E-state index in [4.69, 9.17) is 8.94 Å². The molecule has 0 unspecified atom stereocenters. The number of aromatic nitrogens is 1. The third kappa shape index (κ3) is 3.56. The Morgan fingerprint density at radius 2 is 2.26 bits per heavy atom. The largest absolute Gasteiger partial charge is 0.469 e. The number of hydrogen-bond acceptors (Lipinski definition) is 5. The molecule has 0 aromatic carbocycles. The molecule has 0 spiro atoms. The highest BCUT2D eigenvalue weighted by Gasteiger charge is 2.23. The van der Waals surface area contributed by atoms with E-state index in [1.807, 2.05) is 31.2 Å².